The Morgan fingerprint density at radius 2 is 1.96 bits per heavy atom. The van der Waals surface area contributed by atoms with Crippen LogP contribution in [0, 0.1) is 0 Å². The highest BCUT2D eigenvalue weighted by Gasteiger charge is 2.13. The molecule has 0 bridgehead atoms. The third-order valence-corrected chi connectivity index (χ3v) is 5.02. The van der Waals surface area contributed by atoms with E-state index in [9.17, 15) is 0 Å². The molecule has 136 valence electrons. The second kappa shape index (κ2) is 7.67. The lowest BCUT2D eigenvalue weighted by Crippen LogP contribution is -1.97. The van der Waals surface area contributed by atoms with Crippen LogP contribution >= 0.6 is 11.8 Å². The van der Waals surface area contributed by atoms with Gasteiger partial charge in [-0.15, -0.1) is 16.8 Å². The minimum atomic E-state index is 0.493. The molecule has 6 nitrogen and oxygen atoms in total. The molecule has 0 saturated heterocycles. The minimum Gasteiger partial charge on any atom is -0.497 e. The lowest BCUT2D eigenvalue weighted by Gasteiger charge is -2.04. The quantitative estimate of drug-likeness (QED) is 0.347. The summed E-state index contributed by atoms with van der Waals surface area (Å²) in [6.45, 7) is 4.54. The molecule has 0 radical (unpaired) electrons. The maximum Gasteiger partial charge on any atom is 0.247 e. The van der Waals surface area contributed by atoms with Gasteiger partial charge in [0.2, 0.25) is 11.8 Å². The maximum atomic E-state index is 5.80. The van der Waals surface area contributed by atoms with Gasteiger partial charge >= 0.3 is 0 Å². The molecule has 4 aromatic rings. The number of benzene rings is 2. The topological polar surface area (TPSA) is 66.0 Å². The highest BCUT2D eigenvalue weighted by molar-refractivity contribution is 7.98. The van der Waals surface area contributed by atoms with Crippen molar-refractivity contribution in [3.8, 4) is 17.2 Å². The average Bonchev–Trinajstić information content (AvgIpc) is 3.32. The zero-order valence-electron chi connectivity index (χ0n) is 14.8. The summed E-state index contributed by atoms with van der Waals surface area (Å²) in [6, 6.07) is 15.6. The van der Waals surface area contributed by atoms with Crippen LogP contribution in [0.4, 0.5) is 0 Å². The summed E-state index contributed by atoms with van der Waals surface area (Å²) in [5, 5.41) is 9.20. The van der Waals surface area contributed by atoms with E-state index in [1.165, 1.54) is 0 Å². The Hall–Kier alpha value is -3.06. The van der Waals surface area contributed by atoms with Crippen LogP contribution in [0.5, 0.6) is 5.75 Å². The van der Waals surface area contributed by atoms with Crippen molar-refractivity contribution in [1.82, 2.24) is 19.7 Å². The first-order chi connectivity index (χ1) is 13.3. The number of hydrogen-bond donors (Lipinski definition) is 0. The molecule has 0 amide bonds. The summed E-state index contributed by atoms with van der Waals surface area (Å²) in [5.74, 6) is 2.38. The third-order valence-electron chi connectivity index (χ3n) is 4.06. The molecule has 2 heterocycles. The van der Waals surface area contributed by atoms with E-state index in [0.717, 1.165) is 27.5 Å². The van der Waals surface area contributed by atoms with Crippen molar-refractivity contribution in [3.05, 3.63) is 67.1 Å². The SMILES string of the molecule is C=CCn1c(SCc2nnc(-c3ccc(OC)cc3)o2)nc2ccccc21. The number of ether oxygens (including phenoxy) is 1. The molecular weight excluding hydrogens is 360 g/mol. The van der Waals surface area contributed by atoms with Crippen LogP contribution in [0.1, 0.15) is 5.89 Å². The number of hydrogen-bond acceptors (Lipinski definition) is 6. The van der Waals surface area contributed by atoms with Crippen LogP contribution in [0.2, 0.25) is 0 Å². The van der Waals surface area contributed by atoms with Gasteiger partial charge in [-0.2, -0.15) is 0 Å². The number of aromatic nitrogens is 4. The Bertz CT molecular complexity index is 1070. The van der Waals surface area contributed by atoms with Crippen LogP contribution in [0.15, 0.2) is 70.8 Å². The Labute approximate surface area is 160 Å². The summed E-state index contributed by atoms with van der Waals surface area (Å²) in [5.41, 5.74) is 2.91. The number of nitrogens with zero attached hydrogens (tertiary/aromatic N) is 4. The van der Waals surface area contributed by atoms with Gasteiger partial charge in [0.05, 0.1) is 23.9 Å². The molecule has 0 atom stereocenters. The van der Waals surface area contributed by atoms with E-state index in [1.807, 2.05) is 48.5 Å². The fraction of sp³-hybridized carbons (Fsp3) is 0.150. The normalized spacial score (nSPS) is 11.0. The van der Waals surface area contributed by atoms with Gasteiger partial charge in [0.15, 0.2) is 5.16 Å². The first-order valence-electron chi connectivity index (χ1n) is 8.44. The zero-order chi connectivity index (χ0) is 18.6. The second-order valence-electron chi connectivity index (χ2n) is 5.80. The Kier molecular flexibility index (Phi) is 4.93. The number of fused-ring (bicyclic) bond motifs is 1. The monoisotopic (exact) mass is 378 g/mol. The van der Waals surface area contributed by atoms with Crippen LogP contribution in [0.3, 0.4) is 0 Å². The Morgan fingerprint density at radius 3 is 2.74 bits per heavy atom. The largest absolute Gasteiger partial charge is 0.497 e. The molecule has 2 aromatic carbocycles. The first kappa shape index (κ1) is 17.4. The van der Waals surface area contributed by atoms with Crippen molar-refractivity contribution in [1.29, 1.82) is 0 Å². The molecule has 2 aromatic heterocycles. The Balaban J connectivity index is 1.52. The van der Waals surface area contributed by atoms with Crippen molar-refractivity contribution in [2.75, 3.05) is 7.11 Å². The molecular formula is C20H18N4O2S. The third kappa shape index (κ3) is 3.59. The first-order valence-corrected chi connectivity index (χ1v) is 9.43. The van der Waals surface area contributed by atoms with Gasteiger partial charge < -0.3 is 13.7 Å². The number of methoxy groups -OCH3 is 1. The molecule has 0 saturated carbocycles. The average molecular weight is 378 g/mol. The molecule has 0 unspecified atom stereocenters. The van der Waals surface area contributed by atoms with Gasteiger partial charge in [-0.1, -0.05) is 30.0 Å². The predicted octanol–water partition coefficient (Wildman–Crippen LogP) is 4.57. The fourth-order valence-corrected chi connectivity index (χ4v) is 3.62. The van der Waals surface area contributed by atoms with Gasteiger partial charge in [0.1, 0.15) is 5.75 Å². The van der Waals surface area contributed by atoms with E-state index in [1.54, 1.807) is 18.9 Å². The van der Waals surface area contributed by atoms with E-state index in [-0.39, 0.29) is 0 Å². The van der Waals surface area contributed by atoms with Crippen molar-refractivity contribution >= 4 is 22.8 Å². The fourth-order valence-electron chi connectivity index (χ4n) is 2.76. The summed E-state index contributed by atoms with van der Waals surface area (Å²) >= 11 is 1.57. The number of allylic oxidation sites excluding steroid dienone is 1. The van der Waals surface area contributed by atoms with Gasteiger partial charge in [0, 0.05) is 12.1 Å². The van der Waals surface area contributed by atoms with Gasteiger partial charge in [-0.05, 0) is 36.4 Å². The van der Waals surface area contributed by atoms with E-state index < -0.39 is 0 Å². The molecule has 27 heavy (non-hydrogen) atoms. The van der Waals surface area contributed by atoms with Crippen LogP contribution in [-0.4, -0.2) is 26.9 Å². The molecule has 0 spiro atoms. The van der Waals surface area contributed by atoms with Crippen molar-refractivity contribution in [2.45, 2.75) is 17.5 Å². The maximum absolute atomic E-state index is 5.80. The summed E-state index contributed by atoms with van der Waals surface area (Å²) < 4.78 is 13.1. The van der Waals surface area contributed by atoms with E-state index in [0.29, 0.717) is 24.1 Å². The zero-order valence-corrected chi connectivity index (χ0v) is 15.6. The lowest BCUT2D eigenvalue weighted by molar-refractivity contribution is 0.415. The highest BCUT2D eigenvalue weighted by Crippen LogP contribution is 2.28. The summed E-state index contributed by atoms with van der Waals surface area (Å²) in [7, 11) is 1.64. The van der Waals surface area contributed by atoms with E-state index in [2.05, 4.69) is 27.4 Å². The summed E-state index contributed by atoms with van der Waals surface area (Å²) in [4.78, 5) is 4.70. The number of thioether (sulfide) groups is 1. The second-order valence-corrected chi connectivity index (χ2v) is 6.74. The van der Waals surface area contributed by atoms with E-state index in [4.69, 9.17) is 14.1 Å². The van der Waals surface area contributed by atoms with Gasteiger partial charge in [-0.25, -0.2) is 4.98 Å². The molecule has 0 fully saturated rings. The van der Waals surface area contributed by atoms with Crippen molar-refractivity contribution < 1.29 is 9.15 Å². The molecule has 4 rings (SSSR count). The standard InChI is InChI=1S/C20H18N4O2S/c1-3-12-24-17-7-5-4-6-16(17)21-20(24)27-13-18-22-23-19(26-18)14-8-10-15(25-2)11-9-14/h3-11H,1,12-13H2,2H3. The molecule has 0 aliphatic carbocycles. The molecule has 7 heteroatoms. The van der Waals surface area contributed by atoms with Gasteiger partial charge in [0.25, 0.3) is 0 Å². The molecule has 0 aliphatic rings. The van der Waals surface area contributed by atoms with Crippen molar-refractivity contribution in [2.24, 2.45) is 0 Å². The van der Waals surface area contributed by atoms with Crippen LogP contribution < -0.4 is 4.74 Å². The van der Waals surface area contributed by atoms with Crippen molar-refractivity contribution in [3.63, 3.8) is 0 Å². The highest BCUT2D eigenvalue weighted by atomic mass is 32.2. The van der Waals surface area contributed by atoms with E-state index >= 15 is 0 Å². The van der Waals surface area contributed by atoms with Gasteiger partial charge in [-0.3, -0.25) is 0 Å². The lowest BCUT2D eigenvalue weighted by atomic mass is 10.2. The van der Waals surface area contributed by atoms with Crippen LogP contribution in [-0.2, 0) is 12.3 Å². The molecule has 0 aliphatic heterocycles. The number of rotatable bonds is 7. The smallest absolute Gasteiger partial charge is 0.247 e. The number of imidazole rings is 1. The molecule has 0 N–H and O–H groups in total. The van der Waals surface area contributed by atoms with Crippen LogP contribution in [0.25, 0.3) is 22.5 Å². The predicted molar refractivity (Wildman–Crippen MR) is 106 cm³/mol. The number of para-hydroxylation sites is 2. The minimum absolute atomic E-state index is 0.493. The Morgan fingerprint density at radius 1 is 1.15 bits per heavy atom. The summed E-state index contributed by atoms with van der Waals surface area (Å²) in [6.07, 6.45) is 1.87.